The third-order valence-electron chi connectivity index (χ3n) is 2.66. The van der Waals surface area contributed by atoms with Crippen molar-refractivity contribution >= 4 is 10.0 Å². The van der Waals surface area contributed by atoms with Crippen molar-refractivity contribution in [3.05, 3.63) is 12.0 Å². The summed E-state index contributed by atoms with van der Waals surface area (Å²) in [5.74, 6) is 0.771. The largest absolute Gasteiger partial charge is 0.395 e. The molecule has 6 nitrogen and oxygen atoms in total. The van der Waals surface area contributed by atoms with Crippen molar-refractivity contribution in [2.24, 2.45) is 0 Å². The zero-order valence-corrected chi connectivity index (χ0v) is 11.3. The van der Waals surface area contributed by atoms with Gasteiger partial charge in [0.15, 0.2) is 5.03 Å². The molecule has 0 amide bonds. The van der Waals surface area contributed by atoms with E-state index in [1.807, 2.05) is 13.8 Å². The Morgan fingerprint density at radius 2 is 2.06 bits per heavy atom. The number of aromatic amines is 1. The van der Waals surface area contributed by atoms with Crippen LogP contribution >= 0.6 is 0 Å². The highest BCUT2D eigenvalue weighted by molar-refractivity contribution is 7.89. The number of nitrogens with zero attached hydrogens (tertiary/aromatic N) is 2. The fraction of sp³-hybridized carbons (Fsp3) is 0.700. The molecule has 0 bridgehead atoms. The molecule has 0 aromatic carbocycles. The molecule has 0 fully saturated rings. The summed E-state index contributed by atoms with van der Waals surface area (Å²) in [6, 6.07) is -0.467. The number of aliphatic hydroxyl groups excluding tert-OH is 1. The first kappa shape index (κ1) is 14.1. The van der Waals surface area contributed by atoms with Gasteiger partial charge in [-0.05, 0) is 6.92 Å². The lowest BCUT2D eigenvalue weighted by Gasteiger charge is -2.21. The average Bonchev–Trinajstić information content (AvgIpc) is 2.76. The minimum atomic E-state index is -3.61. The molecule has 0 spiro atoms. The molecule has 0 aliphatic heterocycles. The number of aliphatic hydroxyl groups is 1. The lowest BCUT2D eigenvalue weighted by molar-refractivity contribution is 0.213. The Morgan fingerprint density at radius 1 is 1.47 bits per heavy atom. The normalized spacial score (nSPS) is 14.5. The first-order valence-corrected chi connectivity index (χ1v) is 6.88. The number of hydrogen-bond donors (Lipinski definition) is 2. The van der Waals surface area contributed by atoms with Crippen LogP contribution in [-0.4, -0.2) is 47.5 Å². The summed E-state index contributed by atoms with van der Waals surface area (Å²) in [6.45, 7) is 5.27. The maximum atomic E-state index is 12.1. The van der Waals surface area contributed by atoms with Crippen LogP contribution < -0.4 is 0 Å². The molecule has 1 rings (SSSR count). The number of imidazole rings is 1. The van der Waals surface area contributed by atoms with Gasteiger partial charge in [0, 0.05) is 19.0 Å². The standard InChI is InChI=1S/C10H19N3O3S/c1-7(2)10-11-5-9(12-10)17(15,16)13(4)8(3)6-14/h5,7-8,14H,6H2,1-4H3,(H,11,12). The summed E-state index contributed by atoms with van der Waals surface area (Å²) in [5, 5.41) is 9.04. The highest BCUT2D eigenvalue weighted by Crippen LogP contribution is 2.17. The number of nitrogens with one attached hydrogen (secondary N) is 1. The van der Waals surface area contributed by atoms with E-state index in [1.54, 1.807) is 6.92 Å². The second-order valence-electron chi connectivity index (χ2n) is 4.34. The smallest absolute Gasteiger partial charge is 0.260 e. The molecule has 0 saturated heterocycles. The molecular formula is C10H19N3O3S. The van der Waals surface area contributed by atoms with Crippen LogP contribution in [0.25, 0.3) is 0 Å². The monoisotopic (exact) mass is 261 g/mol. The summed E-state index contributed by atoms with van der Waals surface area (Å²) in [5.41, 5.74) is 0. The minimum Gasteiger partial charge on any atom is -0.395 e. The molecule has 7 heteroatoms. The average molecular weight is 261 g/mol. The Kier molecular flexibility index (Phi) is 4.29. The zero-order valence-electron chi connectivity index (χ0n) is 10.5. The Balaban J connectivity index is 3.04. The summed E-state index contributed by atoms with van der Waals surface area (Å²) in [7, 11) is -2.17. The quantitative estimate of drug-likeness (QED) is 0.809. The van der Waals surface area contributed by atoms with E-state index >= 15 is 0 Å². The summed E-state index contributed by atoms with van der Waals surface area (Å²) >= 11 is 0. The number of sulfonamides is 1. The lowest BCUT2D eigenvalue weighted by Crippen LogP contribution is -2.37. The van der Waals surface area contributed by atoms with Gasteiger partial charge < -0.3 is 10.1 Å². The minimum absolute atomic E-state index is 0.0593. The number of rotatable bonds is 5. The van der Waals surface area contributed by atoms with Gasteiger partial charge in [-0.1, -0.05) is 13.8 Å². The SMILES string of the molecule is CC(C)c1ncc(S(=O)(=O)N(C)C(C)CO)[nH]1. The van der Waals surface area contributed by atoms with Gasteiger partial charge >= 0.3 is 0 Å². The van der Waals surface area contributed by atoms with Gasteiger partial charge in [0.25, 0.3) is 10.0 Å². The molecular weight excluding hydrogens is 242 g/mol. The van der Waals surface area contributed by atoms with E-state index in [-0.39, 0.29) is 17.6 Å². The second-order valence-corrected chi connectivity index (χ2v) is 6.31. The van der Waals surface area contributed by atoms with Crippen LogP contribution in [0.4, 0.5) is 0 Å². The molecule has 0 aliphatic carbocycles. The van der Waals surface area contributed by atoms with Crippen molar-refractivity contribution < 1.29 is 13.5 Å². The van der Waals surface area contributed by atoms with Crippen LogP contribution in [0, 0.1) is 0 Å². The maximum Gasteiger partial charge on any atom is 0.260 e. The molecule has 0 aliphatic rings. The van der Waals surface area contributed by atoms with E-state index in [2.05, 4.69) is 9.97 Å². The van der Waals surface area contributed by atoms with Crippen LogP contribution in [0.3, 0.4) is 0 Å². The van der Waals surface area contributed by atoms with E-state index in [0.717, 1.165) is 4.31 Å². The Bertz CT molecular complexity index is 467. The van der Waals surface area contributed by atoms with Gasteiger partial charge in [-0.3, -0.25) is 0 Å². The van der Waals surface area contributed by atoms with Crippen molar-refractivity contribution in [1.29, 1.82) is 0 Å². The molecule has 1 atom stereocenters. The van der Waals surface area contributed by atoms with E-state index in [0.29, 0.717) is 5.82 Å². The maximum absolute atomic E-state index is 12.1. The molecule has 0 radical (unpaired) electrons. The van der Waals surface area contributed by atoms with Crippen molar-refractivity contribution in [2.75, 3.05) is 13.7 Å². The van der Waals surface area contributed by atoms with Crippen molar-refractivity contribution in [3.63, 3.8) is 0 Å². The van der Waals surface area contributed by atoms with Crippen molar-refractivity contribution in [3.8, 4) is 0 Å². The molecule has 2 N–H and O–H groups in total. The first-order valence-electron chi connectivity index (χ1n) is 5.44. The topological polar surface area (TPSA) is 86.3 Å². The van der Waals surface area contributed by atoms with E-state index in [4.69, 9.17) is 5.11 Å². The first-order chi connectivity index (χ1) is 7.80. The predicted molar refractivity (Wildman–Crippen MR) is 64.2 cm³/mol. The Labute approximate surface area is 102 Å². The molecule has 1 aromatic heterocycles. The van der Waals surface area contributed by atoms with Crippen LogP contribution in [0.5, 0.6) is 0 Å². The van der Waals surface area contributed by atoms with Crippen LogP contribution in [-0.2, 0) is 10.0 Å². The second kappa shape index (κ2) is 5.16. The van der Waals surface area contributed by atoms with Gasteiger partial charge in [-0.15, -0.1) is 0 Å². The highest BCUT2D eigenvalue weighted by atomic mass is 32.2. The molecule has 1 heterocycles. The van der Waals surface area contributed by atoms with Crippen LogP contribution in [0.2, 0.25) is 0 Å². The fourth-order valence-electron chi connectivity index (χ4n) is 1.25. The van der Waals surface area contributed by atoms with Crippen LogP contribution in [0.1, 0.15) is 32.5 Å². The summed E-state index contributed by atoms with van der Waals surface area (Å²) < 4.78 is 25.4. The van der Waals surface area contributed by atoms with E-state index in [1.165, 1.54) is 13.2 Å². The molecule has 0 saturated carbocycles. The third-order valence-corrected chi connectivity index (χ3v) is 4.54. The Morgan fingerprint density at radius 3 is 2.47 bits per heavy atom. The summed E-state index contributed by atoms with van der Waals surface area (Å²) in [4.78, 5) is 6.82. The van der Waals surface area contributed by atoms with Gasteiger partial charge in [0.1, 0.15) is 5.82 Å². The molecule has 1 aromatic rings. The number of H-pyrrole nitrogens is 1. The summed E-state index contributed by atoms with van der Waals surface area (Å²) in [6.07, 6.45) is 1.31. The molecule has 1 unspecified atom stereocenters. The third kappa shape index (κ3) is 2.85. The Hall–Kier alpha value is -0.920. The zero-order chi connectivity index (χ0) is 13.2. The molecule has 98 valence electrons. The van der Waals surface area contributed by atoms with E-state index in [9.17, 15) is 8.42 Å². The van der Waals surface area contributed by atoms with Crippen LogP contribution in [0.15, 0.2) is 11.2 Å². The predicted octanol–water partition coefficient (Wildman–Crippen LogP) is 0.534. The highest BCUT2D eigenvalue weighted by Gasteiger charge is 2.27. The van der Waals surface area contributed by atoms with Gasteiger partial charge in [0.2, 0.25) is 0 Å². The number of aromatic nitrogens is 2. The van der Waals surface area contributed by atoms with Crippen molar-refractivity contribution in [2.45, 2.75) is 37.8 Å². The number of hydrogen-bond acceptors (Lipinski definition) is 4. The fourth-order valence-corrected chi connectivity index (χ4v) is 2.52. The lowest BCUT2D eigenvalue weighted by atomic mass is 10.2. The van der Waals surface area contributed by atoms with E-state index < -0.39 is 16.1 Å². The van der Waals surface area contributed by atoms with Gasteiger partial charge in [0.05, 0.1) is 12.8 Å². The molecule has 17 heavy (non-hydrogen) atoms. The van der Waals surface area contributed by atoms with Gasteiger partial charge in [-0.25, -0.2) is 13.4 Å². The van der Waals surface area contributed by atoms with Crippen molar-refractivity contribution in [1.82, 2.24) is 14.3 Å². The number of likely N-dealkylation sites (N-methyl/N-ethyl adjacent to an activating group) is 1. The van der Waals surface area contributed by atoms with Gasteiger partial charge in [-0.2, -0.15) is 4.31 Å².